The van der Waals surface area contributed by atoms with Crippen LogP contribution in [0.3, 0.4) is 0 Å². The van der Waals surface area contributed by atoms with Gasteiger partial charge in [0.1, 0.15) is 11.8 Å². The van der Waals surface area contributed by atoms with Crippen molar-refractivity contribution < 1.29 is 14.7 Å². The average molecular weight is 311 g/mol. The highest BCUT2D eigenvalue weighted by atomic mass is 16.4. The second-order valence-corrected chi connectivity index (χ2v) is 4.58. The first-order chi connectivity index (χ1) is 11.1. The molecular weight excluding hydrogens is 298 g/mol. The molecule has 0 saturated heterocycles. The molecule has 0 radical (unpaired) electrons. The van der Waals surface area contributed by atoms with Crippen molar-refractivity contribution in [2.45, 2.75) is 12.5 Å². The van der Waals surface area contributed by atoms with Crippen LogP contribution < -0.4 is 10.6 Å². The number of aliphatic carboxylic acids is 1. The molecule has 0 bridgehead atoms. The molecule has 8 nitrogen and oxygen atoms in total. The van der Waals surface area contributed by atoms with Gasteiger partial charge in [-0.3, -0.25) is 9.78 Å². The van der Waals surface area contributed by atoms with E-state index in [4.69, 9.17) is 10.4 Å². The van der Waals surface area contributed by atoms with Crippen LogP contribution in [0, 0.1) is 11.3 Å². The smallest absolute Gasteiger partial charge is 0.319 e. The molecule has 0 aliphatic heterocycles. The molecule has 0 spiro atoms. The van der Waals surface area contributed by atoms with E-state index in [2.05, 4.69) is 20.6 Å². The summed E-state index contributed by atoms with van der Waals surface area (Å²) in [7, 11) is 0. The number of amides is 2. The molecule has 0 aromatic carbocycles. The van der Waals surface area contributed by atoms with Crippen molar-refractivity contribution in [3.63, 3.8) is 0 Å². The fraction of sp³-hybridized carbons (Fsp3) is 0.133. The number of hydrogen-bond acceptors (Lipinski definition) is 5. The SMILES string of the molecule is N#Cc1ccc(NC(=O)NC(CC(=O)O)c2cccnc2)cn1. The highest BCUT2D eigenvalue weighted by Crippen LogP contribution is 2.16. The number of urea groups is 1. The third kappa shape index (κ3) is 4.78. The monoisotopic (exact) mass is 311 g/mol. The van der Waals surface area contributed by atoms with Gasteiger partial charge in [-0.05, 0) is 23.8 Å². The predicted molar refractivity (Wildman–Crippen MR) is 80.3 cm³/mol. The van der Waals surface area contributed by atoms with Crippen molar-refractivity contribution in [3.8, 4) is 6.07 Å². The van der Waals surface area contributed by atoms with Crippen molar-refractivity contribution in [2.75, 3.05) is 5.32 Å². The molecular formula is C15H13N5O3. The van der Waals surface area contributed by atoms with E-state index in [0.717, 1.165) is 0 Å². The molecule has 0 saturated carbocycles. The van der Waals surface area contributed by atoms with E-state index in [-0.39, 0.29) is 12.1 Å². The summed E-state index contributed by atoms with van der Waals surface area (Å²) < 4.78 is 0. The number of rotatable bonds is 5. The Hall–Kier alpha value is -3.47. The molecule has 0 aliphatic rings. The average Bonchev–Trinajstić information content (AvgIpc) is 2.55. The molecule has 2 heterocycles. The highest BCUT2D eigenvalue weighted by Gasteiger charge is 2.18. The number of aromatic nitrogens is 2. The van der Waals surface area contributed by atoms with Gasteiger partial charge in [0.2, 0.25) is 0 Å². The number of nitriles is 1. The minimum absolute atomic E-state index is 0.232. The lowest BCUT2D eigenvalue weighted by atomic mass is 10.1. The maximum absolute atomic E-state index is 12.0. The molecule has 8 heteroatoms. The van der Waals surface area contributed by atoms with Crippen LogP contribution in [0.1, 0.15) is 23.7 Å². The van der Waals surface area contributed by atoms with Gasteiger partial charge in [-0.25, -0.2) is 9.78 Å². The second kappa shape index (κ2) is 7.51. The fourth-order valence-corrected chi connectivity index (χ4v) is 1.87. The Morgan fingerprint density at radius 1 is 1.30 bits per heavy atom. The Bertz CT molecular complexity index is 725. The lowest BCUT2D eigenvalue weighted by molar-refractivity contribution is -0.137. The standard InChI is InChI=1S/C15H13N5O3/c16-7-11-3-4-12(9-18-11)19-15(23)20-13(6-14(21)22)10-2-1-5-17-8-10/h1-5,8-9,13H,6H2,(H,21,22)(H2,19,20,23). The van der Waals surface area contributed by atoms with Gasteiger partial charge in [0.15, 0.2) is 0 Å². The summed E-state index contributed by atoms with van der Waals surface area (Å²) in [5, 5.41) is 22.7. The van der Waals surface area contributed by atoms with Crippen LogP contribution >= 0.6 is 0 Å². The highest BCUT2D eigenvalue weighted by molar-refractivity contribution is 5.89. The lowest BCUT2D eigenvalue weighted by Crippen LogP contribution is -2.33. The third-order valence-electron chi connectivity index (χ3n) is 2.91. The maximum atomic E-state index is 12.0. The topological polar surface area (TPSA) is 128 Å². The van der Waals surface area contributed by atoms with Crippen LogP contribution in [0.25, 0.3) is 0 Å². The van der Waals surface area contributed by atoms with Gasteiger partial charge in [-0.2, -0.15) is 5.26 Å². The molecule has 2 rings (SSSR count). The molecule has 3 N–H and O–H groups in total. The third-order valence-corrected chi connectivity index (χ3v) is 2.91. The Labute approximate surface area is 131 Å². The molecule has 23 heavy (non-hydrogen) atoms. The van der Waals surface area contributed by atoms with Crippen LogP contribution in [0.5, 0.6) is 0 Å². The van der Waals surface area contributed by atoms with Gasteiger partial charge < -0.3 is 15.7 Å². The van der Waals surface area contributed by atoms with E-state index in [1.807, 2.05) is 6.07 Å². The van der Waals surface area contributed by atoms with E-state index in [0.29, 0.717) is 11.3 Å². The molecule has 0 fully saturated rings. The number of nitrogens with one attached hydrogen (secondary N) is 2. The Morgan fingerprint density at radius 2 is 2.13 bits per heavy atom. The van der Waals surface area contributed by atoms with Gasteiger partial charge in [0.05, 0.1) is 24.3 Å². The van der Waals surface area contributed by atoms with Crippen LogP contribution in [-0.2, 0) is 4.79 Å². The van der Waals surface area contributed by atoms with E-state index >= 15 is 0 Å². The Morgan fingerprint density at radius 3 is 2.70 bits per heavy atom. The first-order valence-electron chi connectivity index (χ1n) is 6.64. The zero-order chi connectivity index (χ0) is 16.7. The fourth-order valence-electron chi connectivity index (χ4n) is 1.87. The number of pyridine rings is 2. The summed E-state index contributed by atoms with van der Waals surface area (Å²) in [6.07, 6.45) is 4.13. The first-order valence-corrected chi connectivity index (χ1v) is 6.64. The van der Waals surface area contributed by atoms with Crippen molar-refractivity contribution >= 4 is 17.7 Å². The lowest BCUT2D eigenvalue weighted by Gasteiger charge is -2.17. The van der Waals surface area contributed by atoms with E-state index in [1.54, 1.807) is 18.3 Å². The van der Waals surface area contributed by atoms with Crippen LogP contribution in [0.4, 0.5) is 10.5 Å². The first kappa shape index (κ1) is 15.9. The van der Waals surface area contributed by atoms with Gasteiger partial charge in [0.25, 0.3) is 0 Å². The van der Waals surface area contributed by atoms with E-state index in [1.165, 1.54) is 24.5 Å². The van der Waals surface area contributed by atoms with Crippen LogP contribution in [-0.4, -0.2) is 27.1 Å². The van der Waals surface area contributed by atoms with E-state index in [9.17, 15) is 9.59 Å². The zero-order valence-electron chi connectivity index (χ0n) is 11.9. The van der Waals surface area contributed by atoms with Crippen molar-refractivity contribution in [2.24, 2.45) is 0 Å². The van der Waals surface area contributed by atoms with E-state index < -0.39 is 18.0 Å². The summed E-state index contributed by atoms with van der Waals surface area (Å²) in [6.45, 7) is 0. The molecule has 2 aromatic heterocycles. The summed E-state index contributed by atoms with van der Waals surface area (Å²) in [4.78, 5) is 30.7. The summed E-state index contributed by atoms with van der Waals surface area (Å²) in [5.41, 5.74) is 1.21. The van der Waals surface area contributed by atoms with Gasteiger partial charge >= 0.3 is 12.0 Å². The van der Waals surface area contributed by atoms with Crippen LogP contribution in [0.2, 0.25) is 0 Å². The maximum Gasteiger partial charge on any atom is 0.319 e. The molecule has 2 amide bonds. The van der Waals surface area contributed by atoms with Gasteiger partial charge in [-0.15, -0.1) is 0 Å². The molecule has 2 aromatic rings. The van der Waals surface area contributed by atoms with Crippen molar-refractivity contribution in [1.29, 1.82) is 5.26 Å². The van der Waals surface area contributed by atoms with Gasteiger partial charge in [0, 0.05) is 12.4 Å². The van der Waals surface area contributed by atoms with Crippen LogP contribution in [0.15, 0.2) is 42.9 Å². The quantitative estimate of drug-likeness (QED) is 0.770. The summed E-state index contributed by atoms with van der Waals surface area (Å²) >= 11 is 0. The second-order valence-electron chi connectivity index (χ2n) is 4.58. The number of carbonyl (C=O) groups is 2. The minimum Gasteiger partial charge on any atom is -0.481 e. The Kier molecular flexibility index (Phi) is 5.20. The molecule has 1 unspecified atom stereocenters. The number of carbonyl (C=O) groups excluding carboxylic acids is 1. The molecule has 0 aliphatic carbocycles. The summed E-state index contributed by atoms with van der Waals surface area (Å²) in [5.74, 6) is -1.04. The van der Waals surface area contributed by atoms with Crippen molar-refractivity contribution in [3.05, 3.63) is 54.1 Å². The predicted octanol–water partition coefficient (Wildman–Crippen LogP) is 1.69. The Balaban J connectivity index is 2.05. The normalized spacial score (nSPS) is 11.1. The minimum atomic E-state index is -1.04. The number of carboxylic acids is 1. The number of hydrogen-bond donors (Lipinski definition) is 3. The van der Waals surface area contributed by atoms with Crippen molar-refractivity contribution in [1.82, 2.24) is 15.3 Å². The number of anilines is 1. The van der Waals surface area contributed by atoms with Gasteiger partial charge in [-0.1, -0.05) is 6.07 Å². The molecule has 116 valence electrons. The number of carboxylic acid groups (broad SMARTS) is 1. The number of nitrogens with zero attached hydrogens (tertiary/aromatic N) is 3. The molecule has 1 atom stereocenters. The summed E-state index contributed by atoms with van der Waals surface area (Å²) in [6, 6.07) is 6.92. The largest absolute Gasteiger partial charge is 0.481 e. The zero-order valence-corrected chi connectivity index (χ0v) is 11.9.